The number of rotatable bonds is 6. The fraction of sp³-hybridized carbons (Fsp3) is 0.368. The fourth-order valence-corrected chi connectivity index (χ4v) is 3.07. The van der Waals surface area contributed by atoms with Gasteiger partial charge in [0.15, 0.2) is 0 Å². The van der Waals surface area contributed by atoms with Gasteiger partial charge in [-0.3, -0.25) is 9.29 Å². The van der Waals surface area contributed by atoms with Crippen molar-refractivity contribution >= 4 is 12.4 Å². The summed E-state index contributed by atoms with van der Waals surface area (Å²) in [4.78, 5) is 2.36. The number of hydrogen-bond donors (Lipinski definition) is 1. The Balaban J connectivity index is 0.00000208. The first kappa shape index (κ1) is 18.7. The van der Waals surface area contributed by atoms with Gasteiger partial charge in [0.25, 0.3) is 0 Å². The van der Waals surface area contributed by atoms with Crippen LogP contribution in [0.4, 0.5) is 4.39 Å². The standard InChI is InChI=1S/C19H23FN2O.ClH/c20-10-9-19(22-13-11-21-12-14-22)16-5-4-8-18(15-16)23-17-6-2-1-3-7-17;/h1-8,15,19,21H,9-14H2;1H/t19-;/m0./s1. The van der Waals surface area contributed by atoms with Gasteiger partial charge in [-0.2, -0.15) is 0 Å². The van der Waals surface area contributed by atoms with E-state index >= 15 is 0 Å². The zero-order valence-corrected chi connectivity index (χ0v) is 14.5. The summed E-state index contributed by atoms with van der Waals surface area (Å²) in [6.07, 6.45) is 0.523. The van der Waals surface area contributed by atoms with Crippen LogP contribution in [0.1, 0.15) is 18.0 Å². The molecule has 1 N–H and O–H groups in total. The van der Waals surface area contributed by atoms with E-state index in [4.69, 9.17) is 4.74 Å². The first-order valence-corrected chi connectivity index (χ1v) is 8.20. The van der Waals surface area contributed by atoms with E-state index in [9.17, 15) is 4.39 Å². The predicted molar refractivity (Wildman–Crippen MR) is 98.0 cm³/mol. The molecule has 3 rings (SSSR count). The van der Waals surface area contributed by atoms with Crippen molar-refractivity contribution < 1.29 is 9.13 Å². The largest absolute Gasteiger partial charge is 0.457 e. The minimum atomic E-state index is -0.307. The van der Waals surface area contributed by atoms with Crippen molar-refractivity contribution in [2.45, 2.75) is 12.5 Å². The third-order valence-electron chi connectivity index (χ3n) is 4.20. The molecule has 1 heterocycles. The number of alkyl halides is 1. The number of hydrogen-bond acceptors (Lipinski definition) is 3. The van der Waals surface area contributed by atoms with Gasteiger partial charge < -0.3 is 10.1 Å². The maximum absolute atomic E-state index is 13.1. The molecule has 1 aliphatic heterocycles. The summed E-state index contributed by atoms with van der Waals surface area (Å²) in [6, 6.07) is 17.9. The zero-order valence-electron chi connectivity index (χ0n) is 13.7. The fourth-order valence-electron chi connectivity index (χ4n) is 3.07. The molecule has 1 aliphatic rings. The number of nitrogens with one attached hydrogen (secondary N) is 1. The smallest absolute Gasteiger partial charge is 0.127 e. The Morgan fingerprint density at radius 3 is 2.42 bits per heavy atom. The molecule has 1 saturated heterocycles. The molecule has 5 heteroatoms. The van der Waals surface area contributed by atoms with E-state index in [0.717, 1.165) is 43.2 Å². The molecular weight excluding hydrogens is 327 g/mol. The molecule has 0 amide bonds. The van der Waals surface area contributed by atoms with E-state index < -0.39 is 0 Å². The van der Waals surface area contributed by atoms with E-state index in [1.165, 1.54) is 0 Å². The number of para-hydroxylation sites is 1. The third kappa shape index (κ3) is 4.94. The number of nitrogens with zero attached hydrogens (tertiary/aromatic N) is 1. The molecule has 2 aromatic carbocycles. The lowest BCUT2D eigenvalue weighted by molar-refractivity contribution is 0.157. The highest BCUT2D eigenvalue weighted by Crippen LogP contribution is 2.29. The molecule has 0 aliphatic carbocycles. The van der Waals surface area contributed by atoms with Crippen molar-refractivity contribution in [1.29, 1.82) is 0 Å². The van der Waals surface area contributed by atoms with Crippen LogP contribution in [0.25, 0.3) is 0 Å². The van der Waals surface area contributed by atoms with Crippen molar-refractivity contribution in [3.05, 3.63) is 60.2 Å². The lowest BCUT2D eigenvalue weighted by Gasteiger charge is -2.35. The highest BCUT2D eigenvalue weighted by atomic mass is 35.5. The normalized spacial score (nSPS) is 16.2. The number of halogens is 2. The highest BCUT2D eigenvalue weighted by Gasteiger charge is 2.22. The topological polar surface area (TPSA) is 24.5 Å². The summed E-state index contributed by atoms with van der Waals surface area (Å²) in [5.41, 5.74) is 1.12. The highest BCUT2D eigenvalue weighted by molar-refractivity contribution is 5.85. The van der Waals surface area contributed by atoms with Gasteiger partial charge in [0.05, 0.1) is 6.67 Å². The van der Waals surface area contributed by atoms with Crippen LogP contribution in [0.3, 0.4) is 0 Å². The molecule has 130 valence electrons. The summed E-state index contributed by atoms with van der Waals surface area (Å²) < 4.78 is 19.0. The van der Waals surface area contributed by atoms with Gasteiger partial charge in [-0.25, -0.2) is 0 Å². The van der Waals surface area contributed by atoms with E-state index in [1.54, 1.807) is 0 Å². The molecule has 0 unspecified atom stereocenters. The Bertz CT molecular complexity index is 605. The quantitative estimate of drug-likeness (QED) is 0.844. The Kier molecular flexibility index (Phi) is 7.50. The SMILES string of the molecule is Cl.FCC[C@@H](c1cccc(Oc2ccccc2)c1)N1CCNCC1. The lowest BCUT2D eigenvalue weighted by Crippen LogP contribution is -2.45. The van der Waals surface area contributed by atoms with Crippen molar-refractivity contribution in [3.63, 3.8) is 0 Å². The summed E-state index contributed by atoms with van der Waals surface area (Å²) in [6.45, 7) is 3.52. The molecule has 0 radical (unpaired) electrons. The first-order valence-electron chi connectivity index (χ1n) is 8.20. The molecular formula is C19H24ClFN2O. The van der Waals surface area contributed by atoms with E-state index in [0.29, 0.717) is 6.42 Å². The van der Waals surface area contributed by atoms with Gasteiger partial charge in [0, 0.05) is 32.2 Å². The van der Waals surface area contributed by atoms with Crippen LogP contribution in [0, 0.1) is 0 Å². The van der Waals surface area contributed by atoms with E-state index in [-0.39, 0.29) is 25.1 Å². The second-order valence-electron chi connectivity index (χ2n) is 5.77. The Morgan fingerprint density at radius 2 is 1.71 bits per heavy atom. The molecule has 1 fully saturated rings. The van der Waals surface area contributed by atoms with Crippen LogP contribution >= 0.6 is 12.4 Å². The van der Waals surface area contributed by atoms with Gasteiger partial charge in [0.1, 0.15) is 11.5 Å². The molecule has 2 aromatic rings. The molecule has 1 atom stereocenters. The number of ether oxygens (including phenoxy) is 1. The third-order valence-corrected chi connectivity index (χ3v) is 4.20. The van der Waals surface area contributed by atoms with Crippen molar-refractivity contribution in [2.75, 3.05) is 32.9 Å². The van der Waals surface area contributed by atoms with E-state index in [1.807, 2.05) is 48.5 Å². The monoisotopic (exact) mass is 350 g/mol. The van der Waals surface area contributed by atoms with Crippen molar-refractivity contribution in [2.24, 2.45) is 0 Å². The van der Waals surface area contributed by atoms with Gasteiger partial charge in [-0.15, -0.1) is 12.4 Å². The molecule has 0 spiro atoms. The number of piperazine rings is 1. The van der Waals surface area contributed by atoms with Crippen molar-refractivity contribution in [3.8, 4) is 11.5 Å². The minimum absolute atomic E-state index is 0. The summed E-state index contributed by atoms with van der Waals surface area (Å²) in [5.74, 6) is 1.61. The predicted octanol–water partition coefficient (Wildman–Crippen LogP) is 4.21. The Hall–Kier alpha value is -1.62. The van der Waals surface area contributed by atoms with Crippen LogP contribution in [-0.4, -0.2) is 37.8 Å². The van der Waals surface area contributed by atoms with Crippen LogP contribution in [0.2, 0.25) is 0 Å². The van der Waals surface area contributed by atoms with Crippen LogP contribution in [-0.2, 0) is 0 Å². The van der Waals surface area contributed by atoms with Gasteiger partial charge in [-0.05, 0) is 36.2 Å². The second-order valence-corrected chi connectivity index (χ2v) is 5.77. The average molecular weight is 351 g/mol. The molecule has 3 nitrogen and oxygen atoms in total. The maximum atomic E-state index is 13.1. The van der Waals surface area contributed by atoms with Crippen LogP contribution in [0.5, 0.6) is 11.5 Å². The average Bonchev–Trinajstić information content (AvgIpc) is 2.61. The van der Waals surface area contributed by atoms with Crippen molar-refractivity contribution in [1.82, 2.24) is 10.2 Å². The van der Waals surface area contributed by atoms with Gasteiger partial charge in [-0.1, -0.05) is 30.3 Å². The maximum Gasteiger partial charge on any atom is 0.127 e. The minimum Gasteiger partial charge on any atom is -0.457 e. The summed E-state index contributed by atoms with van der Waals surface area (Å²) >= 11 is 0. The van der Waals surface area contributed by atoms with E-state index in [2.05, 4.69) is 16.3 Å². The van der Waals surface area contributed by atoms with Gasteiger partial charge in [0.2, 0.25) is 0 Å². The molecule has 24 heavy (non-hydrogen) atoms. The van der Waals surface area contributed by atoms with Crippen LogP contribution < -0.4 is 10.1 Å². The van der Waals surface area contributed by atoms with Gasteiger partial charge >= 0.3 is 0 Å². The Morgan fingerprint density at radius 1 is 1.00 bits per heavy atom. The summed E-state index contributed by atoms with van der Waals surface area (Å²) in [5, 5.41) is 3.35. The Labute approximate surface area is 149 Å². The zero-order chi connectivity index (χ0) is 15.9. The first-order chi connectivity index (χ1) is 11.4. The molecule has 0 aromatic heterocycles. The second kappa shape index (κ2) is 9.62. The summed E-state index contributed by atoms with van der Waals surface area (Å²) in [7, 11) is 0. The lowest BCUT2D eigenvalue weighted by atomic mass is 10.0. The molecule has 0 bridgehead atoms. The van der Waals surface area contributed by atoms with Crippen LogP contribution in [0.15, 0.2) is 54.6 Å². The molecule has 0 saturated carbocycles. The number of benzene rings is 2.